The van der Waals surface area contributed by atoms with Crippen molar-refractivity contribution in [2.75, 3.05) is 34.9 Å². The van der Waals surface area contributed by atoms with Crippen molar-refractivity contribution in [3.05, 3.63) is 53.6 Å². The van der Waals surface area contributed by atoms with Gasteiger partial charge in [0, 0.05) is 25.2 Å². The molecule has 9 heteroatoms. The van der Waals surface area contributed by atoms with Gasteiger partial charge in [-0.25, -0.2) is 4.79 Å². The van der Waals surface area contributed by atoms with E-state index in [9.17, 15) is 14.4 Å². The molecule has 1 amide bonds. The van der Waals surface area contributed by atoms with E-state index >= 15 is 0 Å². The normalized spacial score (nSPS) is 12.8. The monoisotopic (exact) mass is 500 g/mol. The summed E-state index contributed by atoms with van der Waals surface area (Å²) in [4.78, 5) is 39.2. The Balaban J connectivity index is 2.29. The van der Waals surface area contributed by atoms with Crippen LogP contribution >= 0.6 is 0 Å². The molecule has 0 aliphatic rings. The summed E-state index contributed by atoms with van der Waals surface area (Å²) in [5.41, 5.74) is 0.579. The third-order valence-corrected chi connectivity index (χ3v) is 5.29. The lowest BCUT2D eigenvalue weighted by atomic mass is 10.0. The highest BCUT2D eigenvalue weighted by molar-refractivity contribution is 5.95. The summed E-state index contributed by atoms with van der Waals surface area (Å²) in [6.07, 6.45) is 0.994. The molecule has 1 N–H and O–H groups in total. The minimum Gasteiger partial charge on any atom is -0.493 e. The van der Waals surface area contributed by atoms with Gasteiger partial charge >= 0.3 is 5.97 Å². The number of esters is 1. The number of rotatable bonds is 12. The molecule has 9 nitrogen and oxygen atoms in total. The van der Waals surface area contributed by atoms with Gasteiger partial charge in [-0.1, -0.05) is 30.3 Å². The van der Waals surface area contributed by atoms with E-state index in [1.165, 1.54) is 26.2 Å². The number of ether oxygens (including phenoxy) is 4. The highest BCUT2D eigenvalue weighted by Gasteiger charge is 2.29. The summed E-state index contributed by atoms with van der Waals surface area (Å²) in [5.74, 6) is 0.134. The van der Waals surface area contributed by atoms with E-state index in [4.69, 9.17) is 18.9 Å². The van der Waals surface area contributed by atoms with Crippen LogP contribution in [0.2, 0.25) is 0 Å². The van der Waals surface area contributed by atoms with Gasteiger partial charge in [-0.05, 0) is 44.9 Å². The molecular formula is C27H36N2O7. The van der Waals surface area contributed by atoms with E-state index in [0.29, 0.717) is 35.5 Å². The van der Waals surface area contributed by atoms with E-state index in [0.717, 1.165) is 5.56 Å². The van der Waals surface area contributed by atoms with Crippen LogP contribution in [0.15, 0.2) is 42.5 Å². The molecule has 0 heterocycles. The van der Waals surface area contributed by atoms with Crippen LogP contribution in [0, 0.1) is 0 Å². The van der Waals surface area contributed by atoms with Crippen molar-refractivity contribution in [2.24, 2.45) is 0 Å². The van der Waals surface area contributed by atoms with Crippen LogP contribution in [0.4, 0.5) is 0 Å². The number of amides is 1. The maximum atomic E-state index is 13.3. The molecule has 196 valence electrons. The number of nitrogens with zero attached hydrogens (tertiary/aromatic N) is 1. The molecule has 0 aliphatic heterocycles. The Hall–Kier alpha value is -3.59. The summed E-state index contributed by atoms with van der Waals surface area (Å²) in [5, 5.41) is 3.07. The Morgan fingerprint density at radius 3 is 2.06 bits per heavy atom. The number of hydrogen-bond donors (Lipinski definition) is 1. The van der Waals surface area contributed by atoms with Gasteiger partial charge in [0.25, 0.3) is 5.91 Å². The lowest BCUT2D eigenvalue weighted by Crippen LogP contribution is -2.52. The topological polar surface area (TPSA) is 103 Å². The van der Waals surface area contributed by atoms with Gasteiger partial charge in [-0.15, -0.1) is 0 Å². The zero-order chi connectivity index (χ0) is 26.9. The third-order valence-electron chi connectivity index (χ3n) is 5.29. The summed E-state index contributed by atoms with van der Waals surface area (Å²) in [6, 6.07) is 11.2. The van der Waals surface area contributed by atoms with E-state index in [-0.39, 0.29) is 12.5 Å². The molecule has 0 bridgehead atoms. The fourth-order valence-electron chi connectivity index (χ4n) is 3.70. The lowest BCUT2D eigenvalue weighted by Gasteiger charge is -2.29. The van der Waals surface area contributed by atoms with Gasteiger partial charge in [-0.2, -0.15) is 0 Å². The molecular weight excluding hydrogens is 464 g/mol. The molecule has 0 radical (unpaired) electrons. The molecule has 2 atom stereocenters. The maximum Gasteiger partial charge on any atom is 0.331 e. The van der Waals surface area contributed by atoms with Gasteiger partial charge in [-0.3, -0.25) is 10.1 Å². The van der Waals surface area contributed by atoms with Crippen LogP contribution in [0.5, 0.6) is 17.2 Å². The Morgan fingerprint density at radius 1 is 1.00 bits per heavy atom. The fraction of sp³-hybridized carbons (Fsp3) is 0.444. The molecule has 0 spiro atoms. The SMILES string of the molecule is COc1cc(C(=O)N(C)C[C@H](Cc2ccccc2)N[C@@H](C=O)C(=O)OC(C)(C)C)cc(OC)c1OC. The number of likely N-dealkylation sites (N-methyl/N-ethyl adjacent to an activating group) is 1. The molecule has 0 unspecified atom stereocenters. The number of methoxy groups -OCH3 is 3. The first-order valence-corrected chi connectivity index (χ1v) is 11.6. The maximum absolute atomic E-state index is 13.3. The first-order chi connectivity index (χ1) is 17.0. The molecule has 36 heavy (non-hydrogen) atoms. The zero-order valence-corrected chi connectivity index (χ0v) is 22.0. The Morgan fingerprint density at radius 2 is 1.58 bits per heavy atom. The number of aldehydes is 1. The van der Waals surface area contributed by atoms with Crippen LogP contribution in [0.3, 0.4) is 0 Å². The van der Waals surface area contributed by atoms with Crippen molar-refractivity contribution in [2.45, 2.75) is 44.9 Å². The third kappa shape index (κ3) is 7.98. The van der Waals surface area contributed by atoms with E-state index in [1.807, 2.05) is 30.3 Å². The first-order valence-electron chi connectivity index (χ1n) is 11.6. The molecule has 0 aliphatic carbocycles. The molecule has 0 saturated carbocycles. The standard InChI is InChI=1S/C27H36N2O7/c1-27(2,3)36-26(32)21(17-30)28-20(13-18-11-9-8-10-12-18)16-29(4)25(31)19-14-22(33-5)24(35-7)23(15-19)34-6/h8-12,14-15,17,20-21,28H,13,16H2,1-7H3/t20-,21-/m0/s1. The van der Waals surface area contributed by atoms with Gasteiger partial charge in [0.1, 0.15) is 11.9 Å². The van der Waals surface area contributed by atoms with Crippen molar-refractivity contribution in [3.63, 3.8) is 0 Å². The fourth-order valence-corrected chi connectivity index (χ4v) is 3.70. The molecule has 2 rings (SSSR count). The number of carbonyl (C=O) groups excluding carboxylic acids is 3. The summed E-state index contributed by atoms with van der Waals surface area (Å²) >= 11 is 0. The summed E-state index contributed by atoms with van der Waals surface area (Å²) < 4.78 is 21.4. The van der Waals surface area contributed by atoms with Crippen molar-refractivity contribution in [3.8, 4) is 17.2 Å². The van der Waals surface area contributed by atoms with Gasteiger partial charge in [0.15, 0.2) is 17.5 Å². The van der Waals surface area contributed by atoms with E-state index in [2.05, 4.69) is 5.32 Å². The predicted octanol–water partition coefficient (Wildman–Crippen LogP) is 2.89. The number of nitrogens with one attached hydrogen (secondary N) is 1. The highest BCUT2D eigenvalue weighted by Crippen LogP contribution is 2.38. The quantitative estimate of drug-likeness (QED) is 0.270. The Bertz CT molecular complexity index is 1010. The van der Waals surface area contributed by atoms with Crippen LogP contribution in [-0.2, 0) is 20.7 Å². The molecule has 2 aromatic carbocycles. The molecule has 0 saturated heterocycles. The zero-order valence-electron chi connectivity index (χ0n) is 22.0. The largest absolute Gasteiger partial charge is 0.493 e. The predicted molar refractivity (Wildman–Crippen MR) is 136 cm³/mol. The van der Waals surface area contributed by atoms with E-state index < -0.39 is 23.7 Å². The van der Waals surface area contributed by atoms with Gasteiger partial charge < -0.3 is 28.6 Å². The average Bonchev–Trinajstić information content (AvgIpc) is 2.84. The van der Waals surface area contributed by atoms with E-state index in [1.54, 1.807) is 40.0 Å². The summed E-state index contributed by atoms with van der Waals surface area (Å²) in [7, 11) is 6.09. The Labute approximate surface area is 212 Å². The van der Waals surface area contributed by atoms with Crippen molar-refractivity contribution >= 4 is 18.2 Å². The first kappa shape index (κ1) is 28.6. The average molecular weight is 501 g/mol. The molecule has 2 aromatic rings. The second-order valence-electron chi connectivity index (χ2n) is 9.30. The number of hydrogen-bond acceptors (Lipinski definition) is 8. The Kier molecular flexibility index (Phi) is 10.3. The number of carbonyl (C=O) groups is 3. The summed E-state index contributed by atoms with van der Waals surface area (Å²) in [6.45, 7) is 5.41. The highest BCUT2D eigenvalue weighted by atomic mass is 16.6. The van der Waals surface area contributed by atoms with Crippen molar-refractivity contribution < 1.29 is 33.3 Å². The second-order valence-corrected chi connectivity index (χ2v) is 9.30. The van der Waals surface area contributed by atoms with Crippen LogP contribution in [0.1, 0.15) is 36.7 Å². The minimum atomic E-state index is -1.18. The van der Waals surface area contributed by atoms with Crippen molar-refractivity contribution in [1.82, 2.24) is 10.2 Å². The van der Waals surface area contributed by atoms with Crippen molar-refractivity contribution in [1.29, 1.82) is 0 Å². The van der Waals surface area contributed by atoms with Gasteiger partial charge in [0.2, 0.25) is 5.75 Å². The second kappa shape index (κ2) is 12.9. The van der Waals surface area contributed by atoms with Crippen LogP contribution in [-0.4, -0.2) is 75.7 Å². The minimum absolute atomic E-state index is 0.206. The molecule has 0 fully saturated rings. The van der Waals surface area contributed by atoms with Crippen LogP contribution in [0.25, 0.3) is 0 Å². The lowest BCUT2D eigenvalue weighted by molar-refractivity contribution is -0.158. The van der Waals surface area contributed by atoms with Crippen LogP contribution < -0.4 is 19.5 Å². The molecule has 0 aromatic heterocycles. The van der Waals surface area contributed by atoms with Gasteiger partial charge in [0.05, 0.1) is 21.3 Å². The number of benzene rings is 2. The smallest absolute Gasteiger partial charge is 0.331 e.